The van der Waals surface area contributed by atoms with E-state index >= 15 is 0 Å². The zero-order valence-corrected chi connectivity index (χ0v) is 8.98. The normalized spacial score (nSPS) is 11.5. The quantitative estimate of drug-likeness (QED) is 0.611. The molecule has 0 spiro atoms. The largest absolute Gasteiger partial charge is 0.294 e. The first-order valence-corrected chi connectivity index (χ1v) is 4.52. The maximum Gasteiger partial charge on any atom is 0.272 e. The predicted molar refractivity (Wildman–Crippen MR) is 56.1 cm³/mol. The van der Waals surface area contributed by atoms with Crippen molar-refractivity contribution in [1.82, 2.24) is 0 Å². The highest BCUT2D eigenvalue weighted by Crippen LogP contribution is 2.27. The van der Waals surface area contributed by atoms with Crippen LogP contribution in [0.5, 0.6) is 0 Å². The van der Waals surface area contributed by atoms with Gasteiger partial charge in [-0.25, -0.2) is 5.90 Å². The molecular weight excluding hydrogens is 196 g/mol. The van der Waals surface area contributed by atoms with Crippen LogP contribution in [0.3, 0.4) is 0 Å². The van der Waals surface area contributed by atoms with Gasteiger partial charge < -0.3 is 0 Å². The monoisotopic (exact) mass is 210 g/mol. The van der Waals surface area contributed by atoms with Gasteiger partial charge in [0.15, 0.2) is 0 Å². The van der Waals surface area contributed by atoms with Crippen LogP contribution >= 0.6 is 0 Å². The lowest BCUT2D eigenvalue weighted by atomic mass is 9.96. The fourth-order valence-corrected chi connectivity index (χ4v) is 1.30. The average Bonchev–Trinajstić information content (AvgIpc) is 2.17. The van der Waals surface area contributed by atoms with Gasteiger partial charge in [0.25, 0.3) is 5.69 Å². The topological polar surface area (TPSA) is 78.4 Å². The molecule has 2 N–H and O–H groups in total. The van der Waals surface area contributed by atoms with Crippen LogP contribution in [0.1, 0.15) is 25.0 Å². The number of hydrogen-bond donors (Lipinski definition) is 1. The van der Waals surface area contributed by atoms with Crippen LogP contribution in [0.4, 0.5) is 5.69 Å². The summed E-state index contributed by atoms with van der Waals surface area (Å²) in [5.74, 6) is 5.15. The van der Waals surface area contributed by atoms with Crippen molar-refractivity contribution in [3.8, 4) is 0 Å². The second kappa shape index (κ2) is 3.96. The zero-order chi connectivity index (χ0) is 11.6. The molecule has 0 heterocycles. The second-order valence-electron chi connectivity index (χ2n) is 3.89. The van der Waals surface area contributed by atoms with Gasteiger partial charge in [-0.2, -0.15) is 0 Å². The molecule has 1 rings (SSSR count). The Labute approximate surface area is 88.0 Å². The Hall–Kier alpha value is -1.46. The van der Waals surface area contributed by atoms with Gasteiger partial charge in [-0.1, -0.05) is 0 Å². The number of nitrogens with two attached hydrogens (primary N) is 1. The van der Waals surface area contributed by atoms with E-state index in [2.05, 4.69) is 0 Å². The molecule has 0 atom stereocenters. The van der Waals surface area contributed by atoms with E-state index in [4.69, 9.17) is 10.7 Å². The molecule has 0 radical (unpaired) electrons. The Morgan fingerprint density at radius 1 is 1.47 bits per heavy atom. The highest BCUT2D eigenvalue weighted by molar-refractivity contribution is 5.43. The van der Waals surface area contributed by atoms with Crippen LogP contribution in [0.15, 0.2) is 18.2 Å². The minimum atomic E-state index is -0.639. The Bertz CT molecular complexity index is 388. The zero-order valence-electron chi connectivity index (χ0n) is 8.98. The van der Waals surface area contributed by atoms with Crippen LogP contribution < -0.4 is 5.90 Å². The average molecular weight is 210 g/mol. The lowest BCUT2D eigenvalue weighted by molar-refractivity contribution is -0.385. The molecule has 0 aliphatic carbocycles. The standard InChI is InChI=1S/C10H14N2O3/c1-7-6-8(10(2,3)15-11)4-5-9(7)12(13)14/h4-6H,11H2,1-3H3. The minimum Gasteiger partial charge on any atom is -0.294 e. The number of benzene rings is 1. The van der Waals surface area contributed by atoms with E-state index < -0.39 is 10.5 Å². The van der Waals surface area contributed by atoms with E-state index in [1.807, 2.05) is 0 Å². The number of nitro benzene ring substituents is 1. The maximum atomic E-state index is 10.6. The molecule has 0 saturated heterocycles. The summed E-state index contributed by atoms with van der Waals surface area (Å²) in [6.07, 6.45) is 0. The first-order valence-electron chi connectivity index (χ1n) is 4.52. The summed E-state index contributed by atoms with van der Waals surface area (Å²) in [6.45, 7) is 5.29. The Morgan fingerprint density at radius 2 is 2.07 bits per heavy atom. The maximum absolute atomic E-state index is 10.6. The summed E-state index contributed by atoms with van der Waals surface area (Å²) in [7, 11) is 0. The van der Waals surface area contributed by atoms with Crippen LogP contribution in [-0.4, -0.2) is 4.92 Å². The molecule has 0 aliphatic heterocycles. The lowest BCUT2D eigenvalue weighted by Crippen LogP contribution is -2.25. The number of aryl methyl sites for hydroxylation is 1. The van der Waals surface area contributed by atoms with Gasteiger partial charge in [0, 0.05) is 11.6 Å². The van der Waals surface area contributed by atoms with Crippen LogP contribution in [0, 0.1) is 17.0 Å². The molecule has 5 heteroatoms. The van der Waals surface area contributed by atoms with E-state index in [1.165, 1.54) is 6.07 Å². The van der Waals surface area contributed by atoms with Gasteiger partial charge >= 0.3 is 0 Å². The van der Waals surface area contributed by atoms with Crippen molar-refractivity contribution in [2.75, 3.05) is 0 Å². The summed E-state index contributed by atoms with van der Waals surface area (Å²) < 4.78 is 0. The number of nitro groups is 1. The fraction of sp³-hybridized carbons (Fsp3) is 0.400. The van der Waals surface area contributed by atoms with Gasteiger partial charge in [-0.15, -0.1) is 0 Å². The first-order chi connectivity index (χ1) is 6.88. The van der Waals surface area contributed by atoms with Crippen molar-refractivity contribution in [3.05, 3.63) is 39.4 Å². The summed E-state index contributed by atoms with van der Waals surface area (Å²) in [5.41, 5.74) is 0.877. The van der Waals surface area contributed by atoms with E-state index in [1.54, 1.807) is 32.9 Å². The molecular formula is C10H14N2O3. The molecule has 0 fully saturated rings. The molecule has 82 valence electrons. The molecule has 0 saturated carbocycles. The SMILES string of the molecule is Cc1cc(C(C)(C)ON)ccc1[N+](=O)[O-]. The predicted octanol–water partition coefficient (Wildman–Crippen LogP) is 2.03. The molecule has 0 bridgehead atoms. The van der Waals surface area contributed by atoms with E-state index in [9.17, 15) is 10.1 Å². The number of hydrogen-bond acceptors (Lipinski definition) is 4. The number of rotatable bonds is 3. The summed E-state index contributed by atoms with van der Waals surface area (Å²) >= 11 is 0. The van der Waals surface area contributed by atoms with Crippen molar-refractivity contribution in [3.63, 3.8) is 0 Å². The highest BCUT2D eigenvalue weighted by Gasteiger charge is 2.22. The second-order valence-corrected chi connectivity index (χ2v) is 3.89. The van der Waals surface area contributed by atoms with Crippen molar-refractivity contribution in [1.29, 1.82) is 0 Å². The van der Waals surface area contributed by atoms with Crippen molar-refractivity contribution in [2.24, 2.45) is 5.90 Å². The number of nitrogens with zero attached hydrogens (tertiary/aromatic N) is 1. The highest BCUT2D eigenvalue weighted by atomic mass is 16.6. The lowest BCUT2D eigenvalue weighted by Gasteiger charge is -2.22. The summed E-state index contributed by atoms with van der Waals surface area (Å²) in [5, 5.41) is 10.6. The van der Waals surface area contributed by atoms with Crippen LogP contribution in [0.2, 0.25) is 0 Å². The first kappa shape index (κ1) is 11.6. The van der Waals surface area contributed by atoms with Crippen molar-refractivity contribution in [2.45, 2.75) is 26.4 Å². The third-order valence-electron chi connectivity index (χ3n) is 2.38. The minimum absolute atomic E-state index is 0.103. The van der Waals surface area contributed by atoms with E-state index in [-0.39, 0.29) is 5.69 Å². The molecule has 0 unspecified atom stereocenters. The molecule has 0 aromatic heterocycles. The molecule has 0 aliphatic rings. The van der Waals surface area contributed by atoms with Gasteiger partial charge in [0.05, 0.1) is 4.92 Å². The summed E-state index contributed by atoms with van der Waals surface area (Å²) in [4.78, 5) is 15.0. The van der Waals surface area contributed by atoms with Gasteiger partial charge in [-0.3, -0.25) is 15.0 Å². The van der Waals surface area contributed by atoms with Gasteiger partial charge in [0.2, 0.25) is 0 Å². The molecule has 1 aromatic rings. The van der Waals surface area contributed by atoms with Gasteiger partial charge in [0.1, 0.15) is 5.60 Å². The summed E-state index contributed by atoms with van der Waals surface area (Å²) in [6, 6.07) is 4.83. The Kier molecular flexibility index (Phi) is 3.06. The van der Waals surface area contributed by atoms with Crippen LogP contribution in [0.25, 0.3) is 0 Å². The third-order valence-corrected chi connectivity index (χ3v) is 2.38. The molecule has 15 heavy (non-hydrogen) atoms. The van der Waals surface area contributed by atoms with E-state index in [0.29, 0.717) is 5.56 Å². The van der Waals surface area contributed by atoms with Crippen LogP contribution in [-0.2, 0) is 10.4 Å². The van der Waals surface area contributed by atoms with Crippen molar-refractivity contribution >= 4 is 5.69 Å². The fourth-order valence-electron chi connectivity index (χ4n) is 1.30. The third kappa shape index (κ3) is 2.31. The Balaban J connectivity index is 3.18. The smallest absolute Gasteiger partial charge is 0.272 e. The van der Waals surface area contributed by atoms with Gasteiger partial charge in [-0.05, 0) is 38.5 Å². The van der Waals surface area contributed by atoms with E-state index in [0.717, 1.165) is 5.56 Å². The molecule has 5 nitrogen and oxygen atoms in total. The molecule has 0 amide bonds. The Morgan fingerprint density at radius 3 is 2.47 bits per heavy atom. The van der Waals surface area contributed by atoms with Crippen molar-refractivity contribution < 1.29 is 9.76 Å². The molecule has 1 aromatic carbocycles.